The van der Waals surface area contributed by atoms with Crippen molar-refractivity contribution in [3.05, 3.63) is 77.7 Å². The van der Waals surface area contributed by atoms with Gasteiger partial charge in [-0.15, -0.1) is 0 Å². The van der Waals surface area contributed by atoms with Crippen molar-refractivity contribution in [2.45, 2.75) is 39.9 Å². The van der Waals surface area contributed by atoms with Crippen LogP contribution in [0.1, 0.15) is 49.3 Å². The standard InChI is InChI=1S/C28H33N5O2/c1-5-32(6-2)28(34)22-12-10-21(11-13-22)23-8-7-9-24(14-23)27(29)25-15-26(31-18-30-25)33-16-19(3)35-20(4)17-33/h7-15,18-20,29H,5-6,16-17H2,1-4H3/p+1/t19-,20+. The summed E-state index contributed by atoms with van der Waals surface area (Å²) in [7, 11) is 0. The molecule has 7 heteroatoms. The molecule has 3 aromatic rings. The summed E-state index contributed by atoms with van der Waals surface area (Å²) in [5.74, 6) is 0.904. The summed E-state index contributed by atoms with van der Waals surface area (Å²) in [6.45, 7) is 11.1. The topological polar surface area (TPSA) is 84.2 Å². The summed E-state index contributed by atoms with van der Waals surface area (Å²) in [4.78, 5) is 25.6. The van der Waals surface area contributed by atoms with Crippen LogP contribution in [-0.4, -0.2) is 64.9 Å². The number of nitrogens with two attached hydrogens (primary N) is 1. The first-order valence-electron chi connectivity index (χ1n) is 12.2. The molecule has 7 nitrogen and oxygen atoms in total. The summed E-state index contributed by atoms with van der Waals surface area (Å²) in [5.41, 5.74) is 4.92. The van der Waals surface area contributed by atoms with Crippen molar-refractivity contribution >= 4 is 17.4 Å². The van der Waals surface area contributed by atoms with E-state index in [1.54, 1.807) is 6.33 Å². The molecule has 0 radical (unpaired) electrons. The molecule has 35 heavy (non-hydrogen) atoms. The van der Waals surface area contributed by atoms with Crippen molar-refractivity contribution in [3.8, 4) is 11.1 Å². The molecule has 0 saturated carbocycles. The van der Waals surface area contributed by atoms with Gasteiger partial charge in [0.25, 0.3) is 5.91 Å². The minimum Gasteiger partial charge on any atom is -0.372 e. The highest BCUT2D eigenvalue weighted by Crippen LogP contribution is 2.23. The van der Waals surface area contributed by atoms with E-state index in [0.717, 1.165) is 35.6 Å². The van der Waals surface area contributed by atoms with Crippen LogP contribution in [-0.2, 0) is 4.74 Å². The lowest BCUT2D eigenvalue weighted by atomic mass is 9.98. The van der Waals surface area contributed by atoms with Crippen LogP contribution in [0.2, 0.25) is 0 Å². The van der Waals surface area contributed by atoms with E-state index in [9.17, 15) is 4.79 Å². The smallest absolute Gasteiger partial charge is 0.253 e. The third kappa shape index (κ3) is 5.57. The number of nitrogens with zero attached hydrogens (tertiary/aromatic N) is 4. The first-order chi connectivity index (χ1) is 16.9. The van der Waals surface area contributed by atoms with Crippen molar-refractivity contribution in [1.29, 1.82) is 0 Å². The zero-order chi connectivity index (χ0) is 24.9. The van der Waals surface area contributed by atoms with Crippen LogP contribution in [0.5, 0.6) is 0 Å². The maximum atomic E-state index is 12.6. The summed E-state index contributed by atoms with van der Waals surface area (Å²) >= 11 is 0. The van der Waals surface area contributed by atoms with Gasteiger partial charge in [0.05, 0.1) is 12.2 Å². The van der Waals surface area contributed by atoms with Gasteiger partial charge in [0.2, 0.25) is 5.71 Å². The van der Waals surface area contributed by atoms with Crippen molar-refractivity contribution in [2.75, 3.05) is 31.1 Å². The SMILES string of the molecule is CCN(CC)C(=O)c1ccc(-c2cccc(C(=[NH2+])c3cc(N4C[C@@H](C)O[C@@H](C)C4)ncn3)c2)cc1. The van der Waals surface area contributed by atoms with Crippen LogP contribution in [0.3, 0.4) is 0 Å². The molecule has 2 heterocycles. The van der Waals surface area contributed by atoms with Gasteiger partial charge in [-0.2, -0.15) is 0 Å². The van der Waals surface area contributed by atoms with Crippen LogP contribution >= 0.6 is 0 Å². The highest BCUT2D eigenvalue weighted by atomic mass is 16.5. The highest BCUT2D eigenvalue weighted by Gasteiger charge is 2.24. The first kappa shape index (κ1) is 24.5. The number of amides is 1. The fourth-order valence-corrected chi connectivity index (χ4v) is 4.55. The maximum Gasteiger partial charge on any atom is 0.253 e. The average Bonchev–Trinajstić information content (AvgIpc) is 2.88. The minimum absolute atomic E-state index is 0.0523. The fourth-order valence-electron chi connectivity index (χ4n) is 4.55. The second-order valence-electron chi connectivity index (χ2n) is 8.97. The Morgan fingerprint density at radius 1 is 0.971 bits per heavy atom. The highest BCUT2D eigenvalue weighted by molar-refractivity contribution is 6.08. The Hall–Kier alpha value is -3.58. The van der Waals surface area contributed by atoms with Gasteiger partial charge in [-0.05, 0) is 63.1 Å². The van der Waals surface area contributed by atoms with Gasteiger partial charge in [-0.25, -0.2) is 9.97 Å². The summed E-state index contributed by atoms with van der Waals surface area (Å²) in [6.07, 6.45) is 1.85. The van der Waals surface area contributed by atoms with Gasteiger partial charge in [0, 0.05) is 43.4 Å². The molecule has 4 rings (SSSR count). The van der Waals surface area contributed by atoms with Crippen molar-refractivity contribution in [2.24, 2.45) is 0 Å². The molecule has 1 aliphatic heterocycles. The van der Waals surface area contributed by atoms with E-state index in [4.69, 9.17) is 10.1 Å². The van der Waals surface area contributed by atoms with Gasteiger partial charge in [-0.1, -0.05) is 24.3 Å². The largest absolute Gasteiger partial charge is 0.372 e. The molecule has 1 aromatic heterocycles. The predicted molar refractivity (Wildman–Crippen MR) is 139 cm³/mol. The molecule has 2 atom stereocenters. The Morgan fingerprint density at radius 3 is 2.31 bits per heavy atom. The molecule has 1 saturated heterocycles. The molecule has 2 aromatic carbocycles. The first-order valence-corrected chi connectivity index (χ1v) is 12.2. The zero-order valence-corrected chi connectivity index (χ0v) is 20.9. The molecule has 0 aliphatic carbocycles. The summed E-state index contributed by atoms with van der Waals surface area (Å²) < 4.78 is 5.85. The van der Waals surface area contributed by atoms with E-state index in [1.807, 2.05) is 67.3 Å². The fraction of sp³-hybridized carbons (Fsp3) is 0.357. The third-order valence-electron chi connectivity index (χ3n) is 6.36. The van der Waals surface area contributed by atoms with E-state index < -0.39 is 0 Å². The number of rotatable bonds is 7. The van der Waals surface area contributed by atoms with Crippen LogP contribution in [0, 0.1) is 0 Å². The number of ether oxygens (including phenoxy) is 1. The Labute approximate surface area is 207 Å². The van der Waals surface area contributed by atoms with Gasteiger partial charge in [0.15, 0.2) is 0 Å². The van der Waals surface area contributed by atoms with Gasteiger partial charge in [0.1, 0.15) is 17.8 Å². The molecule has 0 spiro atoms. The van der Waals surface area contributed by atoms with Crippen molar-refractivity contribution in [1.82, 2.24) is 14.9 Å². The lowest BCUT2D eigenvalue weighted by Gasteiger charge is -2.36. The number of morpholine rings is 1. The predicted octanol–water partition coefficient (Wildman–Crippen LogP) is 2.84. The number of benzene rings is 2. The number of aromatic nitrogens is 2. The normalized spacial score (nSPS) is 17.8. The molecule has 182 valence electrons. The second-order valence-corrected chi connectivity index (χ2v) is 8.97. The zero-order valence-electron chi connectivity index (χ0n) is 20.9. The Morgan fingerprint density at radius 2 is 1.66 bits per heavy atom. The van der Waals surface area contributed by atoms with Crippen molar-refractivity contribution in [3.63, 3.8) is 0 Å². The van der Waals surface area contributed by atoms with E-state index in [2.05, 4.69) is 34.8 Å². The Bertz CT molecular complexity index is 1180. The van der Waals surface area contributed by atoms with E-state index in [1.165, 1.54) is 0 Å². The monoisotopic (exact) mass is 472 g/mol. The van der Waals surface area contributed by atoms with Crippen molar-refractivity contribution < 1.29 is 14.9 Å². The minimum atomic E-state index is 0.0523. The molecule has 0 bridgehead atoms. The summed E-state index contributed by atoms with van der Waals surface area (Å²) in [6, 6.07) is 17.7. The number of carbonyl (C=O) groups is 1. The lowest BCUT2D eigenvalue weighted by molar-refractivity contribution is -0.111. The molecular weight excluding hydrogens is 438 g/mol. The molecule has 1 aliphatic rings. The van der Waals surface area contributed by atoms with Crippen LogP contribution in [0.4, 0.5) is 5.82 Å². The second kappa shape index (κ2) is 10.8. The van der Waals surface area contributed by atoms with Crippen LogP contribution in [0.25, 0.3) is 11.1 Å². The molecular formula is C28H34N5O2+. The van der Waals surface area contributed by atoms with Gasteiger partial charge < -0.3 is 14.5 Å². The van der Waals surface area contributed by atoms with Gasteiger partial charge >= 0.3 is 0 Å². The van der Waals surface area contributed by atoms with E-state index in [0.29, 0.717) is 30.1 Å². The van der Waals surface area contributed by atoms with E-state index in [-0.39, 0.29) is 18.1 Å². The average molecular weight is 473 g/mol. The molecule has 0 unspecified atom stereocenters. The van der Waals surface area contributed by atoms with Crippen LogP contribution in [0.15, 0.2) is 60.9 Å². The lowest BCUT2D eigenvalue weighted by Crippen LogP contribution is -2.46. The number of anilines is 1. The molecule has 1 amide bonds. The molecule has 1 fully saturated rings. The van der Waals surface area contributed by atoms with Gasteiger partial charge in [-0.3, -0.25) is 10.2 Å². The number of hydrogen-bond acceptors (Lipinski definition) is 5. The Kier molecular flexibility index (Phi) is 7.56. The van der Waals surface area contributed by atoms with E-state index >= 15 is 0 Å². The third-order valence-corrected chi connectivity index (χ3v) is 6.36. The Balaban J connectivity index is 1.54. The van der Waals surface area contributed by atoms with Crippen LogP contribution < -0.4 is 10.3 Å². The quantitative estimate of drug-likeness (QED) is 0.535. The summed E-state index contributed by atoms with van der Waals surface area (Å²) in [5, 5.41) is 6.58. The molecule has 2 N–H and O–H groups in total. The maximum absolute atomic E-state index is 12.6. The number of hydrogen-bond donors (Lipinski definition) is 1. The number of carbonyl (C=O) groups excluding carboxylic acids is 1.